The van der Waals surface area contributed by atoms with Crippen LogP contribution in [0.1, 0.15) is 126 Å². The fraction of sp³-hybridized carbons (Fsp3) is 0.500. The molecule has 0 amide bonds. The van der Waals surface area contributed by atoms with Gasteiger partial charge in [-0.15, -0.1) is 0 Å². The van der Waals surface area contributed by atoms with E-state index in [9.17, 15) is 0 Å². The highest BCUT2D eigenvalue weighted by Crippen LogP contribution is 2.38. The van der Waals surface area contributed by atoms with Crippen molar-refractivity contribution in [1.82, 2.24) is 9.13 Å². The first-order valence-corrected chi connectivity index (χ1v) is 17.4. The summed E-state index contributed by atoms with van der Waals surface area (Å²) in [5.41, 5.74) is 22.7. The van der Waals surface area contributed by atoms with Gasteiger partial charge in [-0.25, -0.2) is 0 Å². The van der Waals surface area contributed by atoms with E-state index in [2.05, 4.69) is 126 Å². The summed E-state index contributed by atoms with van der Waals surface area (Å²) in [6.07, 6.45) is 8.23. The second-order valence-corrected chi connectivity index (χ2v) is 12.6. The lowest BCUT2D eigenvalue weighted by molar-refractivity contribution is -0.679. The van der Waals surface area contributed by atoms with E-state index in [0.29, 0.717) is 0 Å². The summed E-state index contributed by atoms with van der Waals surface area (Å²) in [5.74, 6) is 0. The first-order valence-electron chi connectivity index (χ1n) is 17.4. The van der Waals surface area contributed by atoms with Gasteiger partial charge in [0.1, 0.15) is 14.1 Å². The molecule has 0 aromatic carbocycles. The van der Waals surface area contributed by atoms with Crippen molar-refractivity contribution < 1.29 is 9.13 Å². The minimum atomic E-state index is 1.03. The number of allylic oxidation sites excluding steroid dienone is 4. The molecule has 3 aromatic heterocycles. The molecule has 2 aliphatic heterocycles. The van der Waals surface area contributed by atoms with Crippen LogP contribution in [0.5, 0.6) is 0 Å². The lowest BCUT2D eigenvalue weighted by atomic mass is 9.97. The summed E-state index contributed by atoms with van der Waals surface area (Å²) in [6, 6.07) is 10.0. The zero-order valence-corrected chi connectivity index (χ0v) is 29.8. The topological polar surface area (TPSA) is 17.6 Å². The Hall–Kier alpha value is -3.40. The Balaban J connectivity index is 2.18. The number of hydrogen-bond acceptors (Lipinski definition) is 0. The molecule has 0 unspecified atom stereocenters. The zero-order valence-electron chi connectivity index (χ0n) is 29.8. The van der Waals surface area contributed by atoms with E-state index in [0.717, 1.165) is 51.4 Å². The molecule has 0 fully saturated rings. The molecule has 4 heteroatoms. The normalized spacial score (nSPS) is 13.5. The van der Waals surface area contributed by atoms with Gasteiger partial charge in [0.2, 0.25) is 22.8 Å². The second kappa shape index (κ2) is 12.5. The largest absolute Gasteiger partial charge is 0.344 e. The van der Waals surface area contributed by atoms with Gasteiger partial charge in [0.05, 0.1) is 17.1 Å². The third-order valence-electron chi connectivity index (χ3n) is 10.7. The summed E-state index contributed by atoms with van der Waals surface area (Å²) in [7, 11) is 9.15. The van der Waals surface area contributed by atoms with E-state index in [-0.39, 0.29) is 0 Å². The molecular weight excluding hydrogens is 536 g/mol. The Labute approximate surface area is 266 Å². The van der Waals surface area contributed by atoms with Crippen molar-refractivity contribution in [2.24, 2.45) is 28.2 Å². The molecule has 0 spiro atoms. The van der Waals surface area contributed by atoms with Crippen LogP contribution in [-0.4, -0.2) is 9.13 Å². The van der Waals surface area contributed by atoms with E-state index in [4.69, 9.17) is 0 Å². The number of rotatable bonds is 8. The van der Waals surface area contributed by atoms with Crippen LogP contribution < -0.4 is 9.13 Å². The molecule has 4 nitrogen and oxygen atoms in total. The maximum atomic E-state index is 2.51. The van der Waals surface area contributed by atoms with Crippen LogP contribution in [0, 0.1) is 0 Å². The zero-order chi connectivity index (χ0) is 32.0. The molecular formula is C40H56N4+2. The van der Waals surface area contributed by atoms with E-state index in [1.54, 1.807) is 0 Å². The summed E-state index contributed by atoms with van der Waals surface area (Å²) in [4.78, 5) is 0. The van der Waals surface area contributed by atoms with Gasteiger partial charge in [0.25, 0.3) is 0 Å². The SMILES string of the molecule is CCC1=C(CC)c2cc3c(CC)c(CC)c(cc4c(CC)c(CC)c(cc5[n+](C)c(cc1[n+]2C)C(CC)=C5CC)n4C)n3C. The fourth-order valence-electron chi connectivity index (χ4n) is 8.52. The van der Waals surface area contributed by atoms with E-state index in [1.807, 2.05) is 0 Å². The van der Waals surface area contributed by atoms with E-state index >= 15 is 0 Å². The van der Waals surface area contributed by atoms with Crippen molar-refractivity contribution >= 4 is 44.4 Å². The maximum absolute atomic E-state index is 2.51. The number of nitrogens with zero attached hydrogens (tertiary/aromatic N) is 4. The van der Waals surface area contributed by atoms with Gasteiger partial charge in [0.15, 0.2) is 0 Å². The van der Waals surface area contributed by atoms with Gasteiger partial charge < -0.3 is 9.13 Å². The van der Waals surface area contributed by atoms with Gasteiger partial charge in [-0.1, -0.05) is 55.4 Å². The minimum absolute atomic E-state index is 1.03. The van der Waals surface area contributed by atoms with Crippen LogP contribution in [0.3, 0.4) is 0 Å². The Bertz CT molecular complexity index is 1740. The number of fused-ring (bicyclic) bond motifs is 8. The van der Waals surface area contributed by atoms with Crippen LogP contribution in [0.25, 0.3) is 44.4 Å². The van der Waals surface area contributed by atoms with Gasteiger partial charge >= 0.3 is 0 Å². The lowest BCUT2D eigenvalue weighted by Gasteiger charge is -2.02. The van der Waals surface area contributed by atoms with Crippen molar-refractivity contribution in [3.63, 3.8) is 0 Å². The molecule has 234 valence electrons. The summed E-state index contributed by atoms with van der Waals surface area (Å²) < 4.78 is 9.94. The summed E-state index contributed by atoms with van der Waals surface area (Å²) in [6.45, 7) is 18.6. The van der Waals surface area contributed by atoms with Crippen molar-refractivity contribution in [1.29, 1.82) is 0 Å². The third-order valence-corrected chi connectivity index (χ3v) is 10.7. The van der Waals surface area contributed by atoms with Gasteiger partial charge in [-0.05, 0) is 79.7 Å². The van der Waals surface area contributed by atoms with Gasteiger partial charge in [-0.3, -0.25) is 0 Å². The highest BCUT2D eigenvalue weighted by atomic mass is 15.0. The van der Waals surface area contributed by atoms with E-state index < -0.39 is 0 Å². The van der Waals surface area contributed by atoms with Crippen LogP contribution in [0.2, 0.25) is 0 Å². The first kappa shape index (κ1) is 32.0. The number of aromatic nitrogens is 4. The molecule has 5 rings (SSSR count). The standard InChI is InChI=1S/C40H56N4/c1-13-25-26(14-2)34-22-36-29(17-5)30(18-6)38(43(36)11)24-40-32(20-8)31(19-7)39(44(40)12)23-37-28(16-4)27(15-3)35(42(37)10)21-33(25)41(34)9/h21-24H,13-20H2,1-12H3/q+2. The predicted molar refractivity (Wildman–Crippen MR) is 189 cm³/mol. The van der Waals surface area contributed by atoms with E-state index in [1.165, 1.54) is 89.4 Å². The number of aryl methyl sites for hydroxylation is 6. The highest BCUT2D eigenvalue weighted by molar-refractivity contribution is 5.94. The Kier molecular flexibility index (Phi) is 9.12. The predicted octanol–water partition coefficient (Wildman–Crippen LogP) is 8.91. The van der Waals surface area contributed by atoms with Crippen LogP contribution in [0.15, 0.2) is 24.3 Å². The third kappa shape index (κ3) is 4.63. The van der Waals surface area contributed by atoms with Crippen molar-refractivity contribution in [3.05, 3.63) is 69.3 Å². The van der Waals surface area contributed by atoms with Crippen molar-refractivity contribution in [2.75, 3.05) is 0 Å². The Morgan fingerprint density at radius 2 is 0.636 bits per heavy atom. The Morgan fingerprint density at radius 3 is 0.886 bits per heavy atom. The fourth-order valence-corrected chi connectivity index (χ4v) is 8.52. The van der Waals surface area contributed by atoms with Crippen molar-refractivity contribution in [3.8, 4) is 0 Å². The quantitative estimate of drug-likeness (QED) is 0.233. The van der Waals surface area contributed by atoms with Gasteiger partial charge in [-0.2, -0.15) is 9.13 Å². The second-order valence-electron chi connectivity index (χ2n) is 12.6. The van der Waals surface area contributed by atoms with Crippen molar-refractivity contribution in [2.45, 2.75) is 107 Å². The molecule has 5 heterocycles. The van der Waals surface area contributed by atoms with Crippen LogP contribution >= 0.6 is 0 Å². The van der Waals surface area contributed by atoms with Gasteiger partial charge in [0, 0.05) is 59.6 Å². The lowest BCUT2D eigenvalue weighted by Crippen LogP contribution is -2.35. The molecule has 3 aromatic rings. The monoisotopic (exact) mass is 592 g/mol. The molecule has 2 aliphatic rings. The molecule has 0 atom stereocenters. The molecule has 44 heavy (non-hydrogen) atoms. The van der Waals surface area contributed by atoms with Crippen LogP contribution in [0.4, 0.5) is 0 Å². The van der Waals surface area contributed by atoms with Crippen LogP contribution in [-0.2, 0) is 53.9 Å². The molecule has 0 aliphatic carbocycles. The average Bonchev–Trinajstić information content (AvgIpc) is 3.64. The average molecular weight is 593 g/mol. The minimum Gasteiger partial charge on any atom is -0.344 e. The summed E-state index contributed by atoms with van der Waals surface area (Å²) >= 11 is 0. The smallest absolute Gasteiger partial charge is 0.215 e. The molecule has 0 N–H and O–H groups in total. The molecule has 0 saturated carbocycles. The first-order chi connectivity index (χ1) is 21.2. The highest BCUT2D eigenvalue weighted by Gasteiger charge is 2.34. The molecule has 0 saturated heterocycles. The molecule has 0 radical (unpaired) electrons. The maximum Gasteiger partial charge on any atom is 0.215 e. The summed E-state index contributed by atoms with van der Waals surface area (Å²) in [5, 5.41) is 0. The Morgan fingerprint density at radius 1 is 0.386 bits per heavy atom. The molecule has 8 bridgehead atoms. The number of hydrogen-bond donors (Lipinski definition) is 0.